The molecule has 1 heterocycles. The Balaban J connectivity index is 2.70. The van der Waals surface area contributed by atoms with Gasteiger partial charge in [0.15, 0.2) is 0 Å². The molecule has 0 saturated carbocycles. The minimum atomic E-state index is -2.38. The zero-order chi connectivity index (χ0) is 15.9. The van der Waals surface area contributed by atoms with Gasteiger partial charge < -0.3 is 15.2 Å². The van der Waals surface area contributed by atoms with Gasteiger partial charge in [0.25, 0.3) is 6.43 Å². The Morgan fingerprint density at radius 3 is 2.57 bits per heavy atom. The van der Waals surface area contributed by atoms with E-state index in [1.807, 2.05) is 0 Å². The van der Waals surface area contributed by atoms with Crippen LogP contribution in [0.1, 0.15) is 33.6 Å². The molecule has 1 unspecified atom stereocenters. The number of ether oxygens (including phenoxy) is 1. The summed E-state index contributed by atoms with van der Waals surface area (Å²) in [5.74, 6) is 0. The molecule has 126 valence electrons. The Labute approximate surface area is 126 Å². The van der Waals surface area contributed by atoms with Crippen molar-refractivity contribution in [3.63, 3.8) is 0 Å². The Morgan fingerprint density at radius 1 is 1.38 bits per heavy atom. The summed E-state index contributed by atoms with van der Waals surface area (Å²) in [6.07, 6.45) is -0.469. The van der Waals surface area contributed by atoms with Crippen molar-refractivity contribution in [3.8, 4) is 0 Å². The van der Waals surface area contributed by atoms with Crippen molar-refractivity contribution in [2.75, 3.05) is 46.0 Å². The SMILES string of the molecule is CC(C)(C)NCC1(CN(CCO)CC(F)F)CCCOC1. The van der Waals surface area contributed by atoms with E-state index in [-0.39, 0.29) is 30.7 Å². The third kappa shape index (κ3) is 7.49. The van der Waals surface area contributed by atoms with E-state index in [1.165, 1.54) is 0 Å². The van der Waals surface area contributed by atoms with Gasteiger partial charge >= 0.3 is 0 Å². The van der Waals surface area contributed by atoms with Crippen LogP contribution in [0.4, 0.5) is 8.78 Å². The van der Waals surface area contributed by atoms with E-state index in [2.05, 4.69) is 26.1 Å². The molecule has 1 aliphatic rings. The second-order valence-electron chi connectivity index (χ2n) is 7.11. The maximum absolute atomic E-state index is 12.7. The summed E-state index contributed by atoms with van der Waals surface area (Å²) in [6, 6.07) is 0. The molecule has 0 radical (unpaired) electrons. The molecule has 0 aromatic carbocycles. The molecule has 0 aromatic rings. The normalized spacial score (nSPS) is 24.0. The molecular weight excluding hydrogens is 278 g/mol. The Kier molecular flexibility index (Phi) is 7.47. The first-order valence-electron chi connectivity index (χ1n) is 7.70. The van der Waals surface area contributed by atoms with Gasteiger partial charge in [0.1, 0.15) is 0 Å². The summed E-state index contributed by atoms with van der Waals surface area (Å²) in [7, 11) is 0. The van der Waals surface area contributed by atoms with Crippen LogP contribution >= 0.6 is 0 Å². The molecule has 4 nitrogen and oxygen atoms in total. The number of nitrogens with one attached hydrogen (secondary N) is 1. The molecule has 0 spiro atoms. The average Bonchev–Trinajstić information content (AvgIpc) is 2.36. The van der Waals surface area contributed by atoms with Gasteiger partial charge in [-0.05, 0) is 33.6 Å². The van der Waals surface area contributed by atoms with Gasteiger partial charge in [-0.1, -0.05) is 0 Å². The number of aliphatic hydroxyl groups is 1. The van der Waals surface area contributed by atoms with Crippen LogP contribution < -0.4 is 5.32 Å². The van der Waals surface area contributed by atoms with Gasteiger partial charge in [-0.3, -0.25) is 4.90 Å². The summed E-state index contributed by atoms with van der Waals surface area (Å²) in [4.78, 5) is 1.66. The molecule has 6 heteroatoms. The lowest BCUT2D eigenvalue weighted by atomic mass is 9.81. The lowest BCUT2D eigenvalue weighted by Crippen LogP contribution is -2.53. The quantitative estimate of drug-likeness (QED) is 0.717. The number of rotatable bonds is 8. The average molecular weight is 308 g/mol. The fourth-order valence-corrected chi connectivity index (χ4v) is 2.73. The fraction of sp³-hybridized carbons (Fsp3) is 1.00. The first kappa shape index (κ1) is 18.7. The first-order valence-corrected chi connectivity index (χ1v) is 7.70. The maximum Gasteiger partial charge on any atom is 0.251 e. The third-order valence-corrected chi connectivity index (χ3v) is 3.77. The van der Waals surface area contributed by atoms with Gasteiger partial charge in [-0.25, -0.2) is 8.78 Å². The minimum absolute atomic E-state index is 0.0189. The second-order valence-corrected chi connectivity index (χ2v) is 7.11. The number of halogens is 2. The lowest BCUT2D eigenvalue weighted by molar-refractivity contribution is -0.0389. The zero-order valence-corrected chi connectivity index (χ0v) is 13.5. The van der Waals surface area contributed by atoms with Crippen LogP contribution in [-0.2, 0) is 4.74 Å². The molecule has 1 rings (SSSR count). The Morgan fingerprint density at radius 2 is 2.10 bits per heavy atom. The van der Waals surface area contributed by atoms with E-state index in [0.29, 0.717) is 13.2 Å². The fourth-order valence-electron chi connectivity index (χ4n) is 2.73. The van der Waals surface area contributed by atoms with Crippen molar-refractivity contribution in [3.05, 3.63) is 0 Å². The largest absolute Gasteiger partial charge is 0.395 e. The highest BCUT2D eigenvalue weighted by molar-refractivity contribution is 4.89. The number of nitrogens with zero attached hydrogens (tertiary/aromatic N) is 1. The van der Waals surface area contributed by atoms with E-state index in [9.17, 15) is 8.78 Å². The van der Waals surface area contributed by atoms with Gasteiger partial charge in [-0.15, -0.1) is 0 Å². The standard InChI is InChI=1S/C15H30F2N2O2/c1-14(2,3)18-10-15(5-4-8-21-12-15)11-19(6-7-20)9-13(16)17/h13,18,20H,4-12H2,1-3H3. The van der Waals surface area contributed by atoms with Crippen LogP contribution in [0.2, 0.25) is 0 Å². The first-order chi connectivity index (χ1) is 9.76. The Bertz CT molecular complexity index is 290. The van der Waals surface area contributed by atoms with E-state index < -0.39 is 6.43 Å². The monoisotopic (exact) mass is 308 g/mol. The molecular formula is C15H30F2N2O2. The number of aliphatic hydroxyl groups excluding tert-OH is 1. The Hall–Kier alpha value is -0.300. The van der Waals surface area contributed by atoms with Crippen molar-refractivity contribution in [2.24, 2.45) is 5.41 Å². The maximum atomic E-state index is 12.7. The highest BCUT2D eigenvalue weighted by atomic mass is 19.3. The van der Waals surface area contributed by atoms with Crippen LogP contribution in [0.15, 0.2) is 0 Å². The van der Waals surface area contributed by atoms with E-state index in [1.54, 1.807) is 4.90 Å². The number of hydrogen-bond acceptors (Lipinski definition) is 4. The van der Waals surface area contributed by atoms with Gasteiger partial charge in [0.2, 0.25) is 0 Å². The van der Waals surface area contributed by atoms with Crippen LogP contribution in [0.25, 0.3) is 0 Å². The van der Waals surface area contributed by atoms with E-state index >= 15 is 0 Å². The molecule has 0 amide bonds. The summed E-state index contributed by atoms with van der Waals surface area (Å²) in [6.45, 7) is 8.75. The summed E-state index contributed by atoms with van der Waals surface area (Å²) < 4.78 is 31.0. The molecule has 0 bridgehead atoms. The van der Waals surface area contributed by atoms with E-state index in [0.717, 1.165) is 26.0 Å². The molecule has 21 heavy (non-hydrogen) atoms. The highest BCUT2D eigenvalue weighted by Crippen LogP contribution is 2.30. The van der Waals surface area contributed by atoms with Gasteiger partial charge in [-0.2, -0.15) is 0 Å². The van der Waals surface area contributed by atoms with Crippen LogP contribution in [0, 0.1) is 5.41 Å². The molecule has 1 saturated heterocycles. The predicted molar refractivity (Wildman–Crippen MR) is 79.8 cm³/mol. The smallest absolute Gasteiger partial charge is 0.251 e. The van der Waals surface area contributed by atoms with Gasteiger partial charge in [0, 0.05) is 37.2 Å². The van der Waals surface area contributed by atoms with Crippen LogP contribution in [0.3, 0.4) is 0 Å². The summed E-state index contributed by atoms with van der Waals surface area (Å²) >= 11 is 0. The predicted octanol–water partition coefficient (Wildman–Crippen LogP) is 1.73. The van der Waals surface area contributed by atoms with Crippen LogP contribution in [0.5, 0.6) is 0 Å². The van der Waals surface area contributed by atoms with E-state index in [4.69, 9.17) is 9.84 Å². The summed E-state index contributed by atoms with van der Waals surface area (Å²) in [5.41, 5.74) is -0.176. The molecule has 1 atom stereocenters. The van der Waals surface area contributed by atoms with Crippen LogP contribution in [-0.4, -0.2) is 68.0 Å². The molecule has 0 aromatic heterocycles. The molecule has 1 fully saturated rings. The molecule has 2 N–H and O–H groups in total. The lowest BCUT2D eigenvalue weighted by Gasteiger charge is -2.42. The highest BCUT2D eigenvalue weighted by Gasteiger charge is 2.36. The van der Waals surface area contributed by atoms with Gasteiger partial charge in [0.05, 0.1) is 19.8 Å². The van der Waals surface area contributed by atoms with Crippen molar-refractivity contribution in [2.45, 2.75) is 45.6 Å². The number of alkyl halides is 2. The minimum Gasteiger partial charge on any atom is -0.395 e. The topological polar surface area (TPSA) is 44.7 Å². The number of hydrogen-bond donors (Lipinski definition) is 2. The van der Waals surface area contributed by atoms with Crippen molar-refractivity contribution in [1.29, 1.82) is 0 Å². The zero-order valence-electron chi connectivity index (χ0n) is 13.5. The van der Waals surface area contributed by atoms with Crippen molar-refractivity contribution in [1.82, 2.24) is 10.2 Å². The third-order valence-electron chi connectivity index (χ3n) is 3.77. The second kappa shape index (κ2) is 8.36. The molecule has 1 aliphatic heterocycles. The van der Waals surface area contributed by atoms with Crippen molar-refractivity contribution < 1.29 is 18.6 Å². The summed E-state index contributed by atoms with van der Waals surface area (Å²) in [5, 5.41) is 12.6. The van der Waals surface area contributed by atoms with Crippen molar-refractivity contribution >= 4 is 0 Å². The molecule has 0 aliphatic carbocycles.